The Morgan fingerprint density at radius 2 is 1.22 bits per heavy atom. The lowest BCUT2D eigenvalue weighted by Crippen LogP contribution is -2.13. The predicted octanol–water partition coefficient (Wildman–Crippen LogP) is 4.77. The van der Waals surface area contributed by atoms with Crippen LogP contribution in [0.25, 0.3) is 0 Å². The molecule has 0 spiro atoms. The lowest BCUT2D eigenvalue weighted by atomic mass is 10.2. The molecule has 0 saturated heterocycles. The van der Waals surface area contributed by atoms with Crippen LogP contribution < -0.4 is 14.8 Å². The quantitative estimate of drug-likeness (QED) is 0.498. The molecular weight excluding hydrogens is 338 g/mol. The molecule has 1 N–H and O–H groups in total. The first kappa shape index (κ1) is 18.8. The molecule has 4 heteroatoms. The summed E-state index contributed by atoms with van der Waals surface area (Å²) < 4.78 is 17.0. The Bertz CT molecular complexity index is 761. The van der Waals surface area contributed by atoms with Gasteiger partial charge in [0.25, 0.3) is 0 Å². The average molecular weight is 363 g/mol. The molecule has 3 rings (SSSR count). The van der Waals surface area contributed by atoms with E-state index in [4.69, 9.17) is 14.2 Å². The van der Waals surface area contributed by atoms with Crippen LogP contribution >= 0.6 is 0 Å². The maximum atomic E-state index is 5.77. The molecule has 0 radical (unpaired) electrons. The van der Waals surface area contributed by atoms with Crippen LogP contribution in [0.5, 0.6) is 11.5 Å². The Kier molecular flexibility index (Phi) is 7.58. The molecule has 0 aromatic heterocycles. The van der Waals surface area contributed by atoms with Crippen molar-refractivity contribution >= 4 is 5.69 Å². The van der Waals surface area contributed by atoms with E-state index in [-0.39, 0.29) is 0 Å². The fourth-order valence-electron chi connectivity index (χ4n) is 2.52. The molecule has 0 unspecified atom stereocenters. The monoisotopic (exact) mass is 363 g/mol. The Morgan fingerprint density at radius 1 is 0.593 bits per heavy atom. The maximum absolute atomic E-state index is 5.77. The Morgan fingerprint density at radius 3 is 1.93 bits per heavy atom. The highest BCUT2D eigenvalue weighted by Crippen LogP contribution is 2.18. The minimum atomic E-state index is 0.523. The van der Waals surface area contributed by atoms with Crippen molar-refractivity contribution in [2.75, 3.05) is 31.7 Å². The van der Waals surface area contributed by atoms with Gasteiger partial charge >= 0.3 is 0 Å². The molecule has 0 aliphatic carbocycles. The summed E-state index contributed by atoms with van der Waals surface area (Å²) in [6.07, 6.45) is 0. The molecular formula is C23H25NO3. The van der Waals surface area contributed by atoms with Gasteiger partial charge in [0.1, 0.15) is 24.7 Å². The van der Waals surface area contributed by atoms with Gasteiger partial charge in [0.05, 0.1) is 13.2 Å². The van der Waals surface area contributed by atoms with E-state index in [1.54, 1.807) is 0 Å². The SMILES string of the molecule is c1ccc(COc2ccc(OCCOCCNc3ccccc3)cc2)cc1. The second-order valence-corrected chi connectivity index (χ2v) is 6.00. The second kappa shape index (κ2) is 10.9. The largest absolute Gasteiger partial charge is 0.491 e. The van der Waals surface area contributed by atoms with Crippen LogP contribution in [-0.2, 0) is 11.3 Å². The zero-order valence-corrected chi connectivity index (χ0v) is 15.3. The van der Waals surface area contributed by atoms with Crippen molar-refractivity contribution < 1.29 is 14.2 Å². The molecule has 0 amide bonds. The number of ether oxygens (including phenoxy) is 3. The topological polar surface area (TPSA) is 39.7 Å². The van der Waals surface area contributed by atoms with Crippen LogP contribution in [0.2, 0.25) is 0 Å². The van der Waals surface area contributed by atoms with Crippen LogP contribution in [0.1, 0.15) is 5.56 Å². The minimum absolute atomic E-state index is 0.523. The van der Waals surface area contributed by atoms with E-state index in [9.17, 15) is 0 Å². The van der Waals surface area contributed by atoms with Crippen molar-refractivity contribution in [1.29, 1.82) is 0 Å². The second-order valence-electron chi connectivity index (χ2n) is 6.00. The average Bonchev–Trinajstić information content (AvgIpc) is 2.74. The van der Waals surface area contributed by atoms with Gasteiger partial charge in [-0.1, -0.05) is 48.5 Å². The number of nitrogens with one attached hydrogen (secondary N) is 1. The molecule has 0 atom stereocenters. The van der Waals surface area contributed by atoms with E-state index in [1.165, 1.54) is 0 Å². The molecule has 0 heterocycles. The van der Waals surface area contributed by atoms with Gasteiger partial charge in [0, 0.05) is 12.2 Å². The van der Waals surface area contributed by atoms with Crippen molar-refractivity contribution in [3.8, 4) is 11.5 Å². The van der Waals surface area contributed by atoms with Crippen LogP contribution in [0.3, 0.4) is 0 Å². The zero-order chi connectivity index (χ0) is 18.6. The van der Waals surface area contributed by atoms with Crippen molar-refractivity contribution in [3.63, 3.8) is 0 Å². The molecule has 3 aromatic rings. The summed E-state index contributed by atoms with van der Waals surface area (Å²) >= 11 is 0. The van der Waals surface area contributed by atoms with Crippen molar-refractivity contribution in [2.45, 2.75) is 6.61 Å². The third kappa shape index (κ3) is 7.04. The van der Waals surface area contributed by atoms with Crippen LogP contribution in [0, 0.1) is 0 Å². The summed E-state index contributed by atoms with van der Waals surface area (Å²) in [5, 5.41) is 3.30. The number of para-hydroxylation sites is 1. The lowest BCUT2D eigenvalue weighted by Gasteiger charge is -2.10. The van der Waals surface area contributed by atoms with E-state index in [0.29, 0.717) is 26.4 Å². The van der Waals surface area contributed by atoms with Crippen molar-refractivity contribution in [2.24, 2.45) is 0 Å². The molecule has 0 saturated carbocycles. The van der Waals surface area contributed by atoms with Crippen LogP contribution in [0.15, 0.2) is 84.9 Å². The number of hydrogen-bond donors (Lipinski definition) is 1. The Hall–Kier alpha value is -2.98. The highest BCUT2D eigenvalue weighted by Gasteiger charge is 1.98. The minimum Gasteiger partial charge on any atom is -0.491 e. The maximum Gasteiger partial charge on any atom is 0.120 e. The molecule has 140 valence electrons. The molecule has 0 fully saturated rings. The molecule has 27 heavy (non-hydrogen) atoms. The molecule has 4 nitrogen and oxygen atoms in total. The van der Waals surface area contributed by atoms with E-state index in [2.05, 4.69) is 5.32 Å². The smallest absolute Gasteiger partial charge is 0.120 e. The van der Waals surface area contributed by atoms with E-state index in [0.717, 1.165) is 29.3 Å². The van der Waals surface area contributed by atoms with Crippen LogP contribution in [0.4, 0.5) is 5.69 Å². The number of hydrogen-bond acceptors (Lipinski definition) is 4. The fraction of sp³-hybridized carbons (Fsp3) is 0.217. The molecule has 0 aliphatic rings. The summed E-state index contributed by atoms with van der Waals surface area (Å²) in [4.78, 5) is 0. The third-order valence-corrected chi connectivity index (χ3v) is 3.92. The Labute approximate surface area is 160 Å². The first-order valence-electron chi connectivity index (χ1n) is 9.16. The predicted molar refractivity (Wildman–Crippen MR) is 108 cm³/mol. The number of benzene rings is 3. The van der Waals surface area contributed by atoms with Gasteiger partial charge in [-0.25, -0.2) is 0 Å². The fourth-order valence-corrected chi connectivity index (χ4v) is 2.52. The standard InChI is InChI=1S/C23H25NO3/c1-3-7-20(8-4-1)19-27-23-13-11-22(12-14-23)26-18-17-25-16-15-24-21-9-5-2-6-10-21/h1-14,24H,15-19H2. The first-order chi connectivity index (χ1) is 13.4. The van der Waals surface area contributed by atoms with Crippen molar-refractivity contribution in [1.82, 2.24) is 0 Å². The molecule has 0 bridgehead atoms. The van der Waals surface area contributed by atoms with Gasteiger partial charge in [0.2, 0.25) is 0 Å². The summed E-state index contributed by atoms with van der Waals surface area (Å²) in [5.41, 5.74) is 2.25. The Balaban J connectivity index is 1.26. The van der Waals surface area contributed by atoms with E-state index in [1.807, 2.05) is 84.9 Å². The summed E-state index contributed by atoms with van der Waals surface area (Å²) in [7, 11) is 0. The van der Waals surface area contributed by atoms with Crippen LogP contribution in [-0.4, -0.2) is 26.4 Å². The summed E-state index contributed by atoms with van der Waals surface area (Å²) in [5.74, 6) is 1.64. The number of anilines is 1. The summed E-state index contributed by atoms with van der Waals surface area (Å²) in [6, 6.07) is 27.9. The van der Waals surface area contributed by atoms with Gasteiger partial charge in [-0.2, -0.15) is 0 Å². The molecule has 0 aliphatic heterocycles. The van der Waals surface area contributed by atoms with Gasteiger partial charge in [-0.15, -0.1) is 0 Å². The van der Waals surface area contributed by atoms with E-state index < -0.39 is 0 Å². The van der Waals surface area contributed by atoms with Crippen molar-refractivity contribution in [3.05, 3.63) is 90.5 Å². The van der Waals surface area contributed by atoms with E-state index >= 15 is 0 Å². The van der Waals surface area contributed by atoms with Gasteiger partial charge in [-0.3, -0.25) is 0 Å². The normalized spacial score (nSPS) is 10.4. The highest BCUT2D eigenvalue weighted by molar-refractivity contribution is 5.42. The number of rotatable bonds is 11. The van der Waals surface area contributed by atoms with Gasteiger partial charge in [0.15, 0.2) is 0 Å². The lowest BCUT2D eigenvalue weighted by molar-refractivity contribution is 0.107. The third-order valence-electron chi connectivity index (χ3n) is 3.92. The van der Waals surface area contributed by atoms with Gasteiger partial charge in [-0.05, 0) is 42.0 Å². The highest BCUT2D eigenvalue weighted by atomic mass is 16.5. The molecule has 3 aromatic carbocycles. The van der Waals surface area contributed by atoms with Gasteiger partial charge < -0.3 is 19.5 Å². The first-order valence-corrected chi connectivity index (χ1v) is 9.16. The zero-order valence-electron chi connectivity index (χ0n) is 15.3. The summed E-state index contributed by atoms with van der Waals surface area (Å²) in [6.45, 7) is 3.06.